The van der Waals surface area contributed by atoms with Gasteiger partial charge in [-0.25, -0.2) is 0 Å². The smallest absolute Gasteiger partial charge is 0.222 e. The maximum atomic E-state index is 10.1. The summed E-state index contributed by atoms with van der Waals surface area (Å²) in [5.74, 6) is 5.65. The highest BCUT2D eigenvalue weighted by Gasteiger charge is 1.89. The Morgan fingerprint density at radius 3 is 2.67 bits per heavy atom. The molecule has 0 saturated carbocycles. The van der Waals surface area contributed by atoms with Gasteiger partial charge in [-0.2, -0.15) is 0 Å². The van der Waals surface area contributed by atoms with Crippen molar-refractivity contribution < 1.29 is 4.79 Å². The van der Waals surface area contributed by atoms with Crippen LogP contribution in [0.5, 0.6) is 0 Å². The van der Waals surface area contributed by atoms with Crippen LogP contribution >= 0.6 is 11.6 Å². The minimum Gasteiger partial charge on any atom is -0.281 e. The van der Waals surface area contributed by atoms with E-state index in [0.717, 1.165) is 6.42 Å². The molecule has 0 aliphatic carbocycles. The molecule has 0 aliphatic heterocycles. The van der Waals surface area contributed by atoms with E-state index in [1.165, 1.54) is 0 Å². The molecule has 0 aromatic carbocycles. The van der Waals surface area contributed by atoms with Crippen LogP contribution in [-0.2, 0) is 4.79 Å². The first-order valence-corrected chi connectivity index (χ1v) is 3.29. The van der Waals surface area contributed by atoms with Gasteiger partial charge in [0.15, 0.2) is 0 Å². The first-order valence-electron chi connectivity index (χ1n) is 2.91. The number of hydrogen-bond acceptors (Lipinski definition) is 1. The zero-order valence-electron chi connectivity index (χ0n) is 5.41. The average Bonchev–Trinajstić information content (AvgIpc) is 1.80. The second-order valence-corrected chi connectivity index (χ2v) is 1.98. The van der Waals surface area contributed by atoms with Gasteiger partial charge in [0, 0.05) is 19.3 Å². The summed E-state index contributed by atoms with van der Waals surface area (Å²) in [6.45, 7) is 1.97. The first-order chi connectivity index (χ1) is 4.27. The number of carbonyl (C=O) groups is 1. The summed E-state index contributed by atoms with van der Waals surface area (Å²) in [7, 11) is 0. The van der Waals surface area contributed by atoms with E-state index in [1.54, 1.807) is 0 Å². The van der Waals surface area contributed by atoms with Crippen LogP contribution in [0.15, 0.2) is 0 Å². The second kappa shape index (κ2) is 5.65. The maximum absolute atomic E-state index is 10.1. The molecule has 0 spiro atoms. The Bertz CT molecular complexity index is 141. The van der Waals surface area contributed by atoms with Crippen LogP contribution in [0.1, 0.15) is 26.2 Å². The molecule has 0 amide bonds. The Morgan fingerprint density at radius 1 is 1.56 bits per heavy atom. The zero-order chi connectivity index (χ0) is 7.11. The lowest BCUT2D eigenvalue weighted by Gasteiger charge is -1.80. The number of hydrogen-bond donors (Lipinski definition) is 0. The third-order valence-corrected chi connectivity index (χ3v) is 0.937. The van der Waals surface area contributed by atoms with Gasteiger partial charge in [0.05, 0.1) is 0 Å². The van der Waals surface area contributed by atoms with Crippen molar-refractivity contribution in [2.45, 2.75) is 26.2 Å². The molecule has 0 aliphatic rings. The van der Waals surface area contributed by atoms with Gasteiger partial charge in [0.25, 0.3) is 0 Å². The molecule has 0 bridgehead atoms. The Balaban J connectivity index is 3.19. The lowest BCUT2D eigenvalue weighted by Crippen LogP contribution is -1.82. The quantitative estimate of drug-likeness (QED) is 0.428. The molecule has 0 radical (unpaired) electrons. The topological polar surface area (TPSA) is 17.1 Å². The number of carbonyl (C=O) groups excluding carboxylic acids is 1. The lowest BCUT2D eigenvalue weighted by atomic mass is 10.3. The molecule has 0 saturated heterocycles. The Kier molecular flexibility index (Phi) is 5.35. The molecular formula is C7H9ClO. The molecule has 0 aromatic rings. The maximum Gasteiger partial charge on any atom is 0.222 e. The standard InChI is InChI=1S/C7H9ClO/c1-2-3-4-5-6-7(8)9/h2,5-6H2,1H3. The monoisotopic (exact) mass is 144 g/mol. The van der Waals surface area contributed by atoms with Crippen LogP contribution in [0, 0.1) is 11.8 Å². The zero-order valence-corrected chi connectivity index (χ0v) is 6.16. The highest BCUT2D eigenvalue weighted by molar-refractivity contribution is 6.63. The predicted octanol–water partition coefficient (Wildman–Crippen LogP) is 1.95. The van der Waals surface area contributed by atoms with E-state index in [9.17, 15) is 4.79 Å². The van der Waals surface area contributed by atoms with Crippen molar-refractivity contribution in [1.29, 1.82) is 0 Å². The van der Waals surface area contributed by atoms with Crippen molar-refractivity contribution in [3.63, 3.8) is 0 Å². The summed E-state index contributed by atoms with van der Waals surface area (Å²) >= 11 is 5.05. The highest BCUT2D eigenvalue weighted by Crippen LogP contribution is 1.91. The van der Waals surface area contributed by atoms with Crippen LogP contribution in [0.25, 0.3) is 0 Å². The molecule has 0 fully saturated rings. The van der Waals surface area contributed by atoms with E-state index in [2.05, 4.69) is 11.8 Å². The molecular weight excluding hydrogens is 136 g/mol. The summed E-state index contributed by atoms with van der Waals surface area (Å²) in [5, 5.41) is -0.305. The van der Waals surface area contributed by atoms with Crippen LogP contribution in [-0.4, -0.2) is 5.24 Å². The summed E-state index contributed by atoms with van der Waals surface area (Å²) < 4.78 is 0. The molecule has 0 unspecified atom stereocenters. The van der Waals surface area contributed by atoms with Crippen LogP contribution in [0.2, 0.25) is 0 Å². The van der Waals surface area contributed by atoms with Crippen molar-refractivity contribution in [2.75, 3.05) is 0 Å². The van der Waals surface area contributed by atoms with E-state index >= 15 is 0 Å². The van der Waals surface area contributed by atoms with E-state index in [0.29, 0.717) is 12.8 Å². The van der Waals surface area contributed by atoms with Crippen molar-refractivity contribution in [2.24, 2.45) is 0 Å². The lowest BCUT2D eigenvalue weighted by molar-refractivity contribution is -0.111. The normalized spacial score (nSPS) is 7.78. The molecule has 9 heavy (non-hydrogen) atoms. The number of rotatable bonds is 2. The largest absolute Gasteiger partial charge is 0.281 e. The molecule has 0 aromatic heterocycles. The van der Waals surface area contributed by atoms with Crippen molar-refractivity contribution in [3.05, 3.63) is 0 Å². The minimum absolute atomic E-state index is 0.305. The molecule has 1 nitrogen and oxygen atoms in total. The summed E-state index contributed by atoms with van der Waals surface area (Å²) in [4.78, 5) is 10.1. The molecule has 0 atom stereocenters. The summed E-state index contributed by atoms with van der Waals surface area (Å²) in [6, 6.07) is 0. The SMILES string of the molecule is CCC#CCCC(=O)Cl. The van der Waals surface area contributed by atoms with Crippen molar-refractivity contribution in [3.8, 4) is 11.8 Å². The van der Waals surface area contributed by atoms with E-state index in [-0.39, 0.29) is 5.24 Å². The van der Waals surface area contributed by atoms with Gasteiger partial charge in [0.2, 0.25) is 5.24 Å². The van der Waals surface area contributed by atoms with Gasteiger partial charge in [-0.1, -0.05) is 6.92 Å². The van der Waals surface area contributed by atoms with Gasteiger partial charge in [0.1, 0.15) is 0 Å². The Hall–Kier alpha value is -0.480. The van der Waals surface area contributed by atoms with Gasteiger partial charge >= 0.3 is 0 Å². The molecule has 50 valence electrons. The fraction of sp³-hybridized carbons (Fsp3) is 0.571. The average molecular weight is 145 g/mol. The molecule has 0 N–H and O–H groups in total. The van der Waals surface area contributed by atoms with Gasteiger partial charge < -0.3 is 0 Å². The van der Waals surface area contributed by atoms with Crippen molar-refractivity contribution in [1.82, 2.24) is 0 Å². The van der Waals surface area contributed by atoms with Gasteiger partial charge in [-0.05, 0) is 11.6 Å². The van der Waals surface area contributed by atoms with E-state index < -0.39 is 0 Å². The fourth-order valence-corrected chi connectivity index (χ4v) is 0.469. The van der Waals surface area contributed by atoms with E-state index in [4.69, 9.17) is 11.6 Å². The summed E-state index contributed by atoms with van der Waals surface area (Å²) in [5.41, 5.74) is 0. The van der Waals surface area contributed by atoms with Crippen molar-refractivity contribution >= 4 is 16.8 Å². The third-order valence-electron chi connectivity index (χ3n) is 0.748. The van der Waals surface area contributed by atoms with Gasteiger partial charge in [-0.15, -0.1) is 11.8 Å². The summed E-state index contributed by atoms with van der Waals surface area (Å²) in [6.07, 6.45) is 1.81. The van der Waals surface area contributed by atoms with Crippen LogP contribution in [0.4, 0.5) is 0 Å². The second-order valence-electron chi connectivity index (χ2n) is 1.56. The molecule has 0 rings (SSSR count). The van der Waals surface area contributed by atoms with Gasteiger partial charge in [-0.3, -0.25) is 4.79 Å². The Labute approximate surface area is 60.4 Å². The molecule has 2 heteroatoms. The third kappa shape index (κ3) is 7.52. The minimum atomic E-state index is -0.305. The molecule has 0 heterocycles. The fourth-order valence-electron chi connectivity index (χ4n) is 0.374. The number of halogens is 1. The predicted molar refractivity (Wildman–Crippen MR) is 38.2 cm³/mol. The van der Waals surface area contributed by atoms with Crippen LogP contribution in [0.3, 0.4) is 0 Å². The Morgan fingerprint density at radius 2 is 2.22 bits per heavy atom. The first kappa shape index (κ1) is 8.52. The van der Waals surface area contributed by atoms with Crippen LogP contribution < -0.4 is 0 Å². The van der Waals surface area contributed by atoms with E-state index in [1.807, 2.05) is 6.92 Å². The highest BCUT2D eigenvalue weighted by atomic mass is 35.5.